The Morgan fingerprint density at radius 1 is 1.25 bits per heavy atom. The first-order chi connectivity index (χ1) is 13.1. The summed E-state index contributed by atoms with van der Waals surface area (Å²) in [6.45, 7) is 1.18. The Labute approximate surface area is 155 Å². The molecule has 2 aromatic rings. The van der Waals surface area contributed by atoms with E-state index in [4.69, 9.17) is 9.15 Å². The lowest BCUT2D eigenvalue weighted by Crippen LogP contribution is -2.30. The minimum atomic E-state index is -4.67. The number of carbonyl (C=O) groups is 2. The molecule has 2 rings (SSSR count). The fourth-order valence-corrected chi connectivity index (χ4v) is 2.02. The van der Waals surface area contributed by atoms with E-state index in [9.17, 15) is 32.9 Å². The summed E-state index contributed by atoms with van der Waals surface area (Å²) in [6, 6.07) is 6.68. The molecule has 28 heavy (non-hydrogen) atoms. The second kappa shape index (κ2) is 8.37. The summed E-state index contributed by atoms with van der Waals surface area (Å²) >= 11 is 0. The van der Waals surface area contributed by atoms with Crippen LogP contribution in [0.1, 0.15) is 18.2 Å². The molecule has 1 amide bonds. The molecule has 1 atom stereocenters. The molecule has 1 aromatic heterocycles. The first-order valence-electron chi connectivity index (χ1n) is 7.68. The van der Waals surface area contributed by atoms with Crippen LogP contribution in [0.15, 0.2) is 46.9 Å². The van der Waals surface area contributed by atoms with Crippen LogP contribution in [0, 0.1) is 10.1 Å². The van der Waals surface area contributed by atoms with Crippen LogP contribution in [0.25, 0.3) is 6.08 Å². The van der Waals surface area contributed by atoms with Gasteiger partial charge in [0.15, 0.2) is 6.10 Å². The van der Waals surface area contributed by atoms with Crippen LogP contribution < -0.4 is 5.32 Å². The number of ether oxygens (including phenoxy) is 1. The van der Waals surface area contributed by atoms with Crippen molar-refractivity contribution in [3.63, 3.8) is 0 Å². The number of rotatable bonds is 6. The second-order valence-electron chi connectivity index (χ2n) is 5.38. The van der Waals surface area contributed by atoms with Crippen LogP contribution in [0.4, 0.5) is 24.7 Å². The average molecular weight is 398 g/mol. The normalized spacial score (nSPS) is 12.6. The van der Waals surface area contributed by atoms with Gasteiger partial charge in [-0.2, -0.15) is 13.2 Å². The van der Waals surface area contributed by atoms with Gasteiger partial charge in [-0.25, -0.2) is 4.79 Å². The summed E-state index contributed by atoms with van der Waals surface area (Å²) < 4.78 is 48.4. The van der Waals surface area contributed by atoms with E-state index in [2.05, 4.69) is 5.32 Å². The van der Waals surface area contributed by atoms with Crippen LogP contribution in [0.3, 0.4) is 0 Å². The van der Waals surface area contributed by atoms with Crippen molar-refractivity contribution in [3.05, 3.63) is 63.9 Å². The number of furan rings is 1. The van der Waals surface area contributed by atoms with E-state index < -0.39 is 46.2 Å². The van der Waals surface area contributed by atoms with Gasteiger partial charge >= 0.3 is 18.0 Å². The number of anilines is 1. The highest BCUT2D eigenvalue weighted by molar-refractivity contribution is 5.97. The molecule has 0 fully saturated rings. The summed E-state index contributed by atoms with van der Waals surface area (Å²) in [4.78, 5) is 33.4. The topological polar surface area (TPSA) is 112 Å². The van der Waals surface area contributed by atoms with Crippen LogP contribution in [-0.2, 0) is 20.5 Å². The van der Waals surface area contributed by atoms with Crippen molar-refractivity contribution < 1.29 is 36.8 Å². The van der Waals surface area contributed by atoms with Crippen molar-refractivity contribution in [1.82, 2.24) is 0 Å². The van der Waals surface area contributed by atoms with E-state index in [0.29, 0.717) is 0 Å². The summed E-state index contributed by atoms with van der Waals surface area (Å²) in [5.74, 6) is -2.48. The van der Waals surface area contributed by atoms with E-state index in [1.807, 2.05) is 0 Å². The molecule has 0 saturated carbocycles. The maximum absolute atomic E-state index is 12.9. The van der Waals surface area contributed by atoms with E-state index in [1.54, 1.807) is 0 Å². The standard InChI is InChI=1S/C17H13F3N2O6/c1-10(16(24)21-13-5-3-2-4-12(13)17(18,19)20)27-15(23)9-7-11-6-8-14(28-11)22(25)26/h2-10H,1H3,(H,21,24)/b9-7+/t10-/m0/s1. The Morgan fingerprint density at radius 2 is 1.93 bits per heavy atom. The Hall–Kier alpha value is -3.63. The van der Waals surface area contributed by atoms with Gasteiger partial charge in [-0.3, -0.25) is 14.9 Å². The smallest absolute Gasteiger partial charge is 0.433 e. The summed E-state index contributed by atoms with van der Waals surface area (Å²) in [5, 5.41) is 12.5. The van der Waals surface area contributed by atoms with Gasteiger partial charge in [-0.05, 0) is 31.2 Å². The first-order valence-corrected chi connectivity index (χ1v) is 7.68. The average Bonchev–Trinajstić information content (AvgIpc) is 3.09. The van der Waals surface area contributed by atoms with Gasteiger partial charge in [0.05, 0.1) is 17.3 Å². The SMILES string of the molecule is C[C@H](OC(=O)/C=C/c1ccc([N+](=O)[O-])o1)C(=O)Nc1ccccc1C(F)(F)F. The highest BCUT2D eigenvalue weighted by Crippen LogP contribution is 2.34. The highest BCUT2D eigenvalue weighted by atomic mass is 19.4. The molecule has 148 valence electrons. The third-order valence-electron chi connectivity index (χ3n) is 3.33. The van der Waals surface area contributed by atoms with E-state index in [0.717, 1.165) is 30.4 Å². The van der Waals surface area contributed by atoms with Crippen LogP contribution in [-0.4, -0.2) is 22.9 Å². The number of hydrogen-bond acceptors (Lipinski definition) is 6. The number of nitrogens with zero attached hydrogens (tertiary/aromatic N) is 1. The van der Waals surface area contributed by atoms with Crippen molar-refractivity contribution >= 4 is 29.5 Å². The van der Waals surface area contributed by atoms with Crippen molar-refractivity contribution in [1.29, 1.82) is 0 Å². The van der Waals surface area contributed by atoms with Crippen LogP contribution in [0.5, 0.6) is 0 Å². The number of nitrogens with one attached hydrogen (secondary N) is 1. The Balaban J connectivity index is 1.97. The second-order valence-corrected chi connectivity index (χ2v) is 5.38. The van der Waals surface area contributed by atoms with Crippen molar-refractivity contribution in [2.45, 2.75) is 19.2 Å². The molecule has 0 unspecified atom stereocenters. The van der Waals surface area contributed by atoms with E-state index in [-0.39, 0.29) is 5.76 Å². The van der Waals surface area contributed by atoms with Gasteiger partial charge in [-0.1, -0.05) is 12.1 Å². The van der Waals surface area contributed by atoms with Gasteiger partial charge in [0, 0.05) is 6.08 Å². The summed E-state index contributed by atoms with van der Waals surface area (Å²) in [5.41, 5.74) is -1.51. The quantitative estimate of drug-likeness (QED) is 0.343. The van der Waals surface area contributed by atoms with Gasteiger partial charge in [0.25, 0.3) is 5.91 Å². The minimum Gasteiger partial charge on any atom is -0.449 e. The van der Waals surface area contributed by atoms with Gasteiger partial charge in [0.2, 0.25) is 0 Å². The van der Waals surface area contributed by atoms with Gasteiger partial charge < -0.3 is 14.5 Å². The van der Waals surface area contributed by atoms with Crippen molar-refractivity contribution in [3.8, 4) is 0 Å². The monoisotopic (exact) mass is 398 g/mol. The number of benzene rings is 1. The van der Waals surface area contributed by atoms with Crippen molar-refractivity contribution in [2.75, 3.05) is 5.32 Å². The zero-order valence-corrected chi connectivity index (χ0v) is 14.2. The zero-order valence-electron chi connectivity index (χ0n) is 14.2. The molecule has 0 aliphatic carbocycles. The van der Waals surface area contributed by atoms with Gasteiger partial charge in [-0.15, -0.1) is 0 Å². The molecule has 11 heteroatoms. The fourth-order valence-electron chi connectivity index (χ4n) is 2.02. The molecular weight excluding hydrogens is 385 g/mol. The molecule has 0 spiro atoms. The molecule has 0 aliphatic heterocycles. The maximum Gasteiger partial charge on any atom is 0.433 e. The lowest BCUT2D eigenvalue weighted by Gasteiger charge is -2.16. The maximum atomic E-state index is 12.9. The number of hydrogen-bond donors (Lipinski definition) is 1. The lowest BCUT2D eigenvalue weighted by atomic mass is 10.1. The van der Waals surface area contributed by atoms with E-state index >= 15 is 0 Å². The molecule has 8 nitrogen and oxygen atoms in total. The first kappa shape index (κ1) is 20.7. The Morgan fingerprint density at radius 3 is 2.54 bits per heavy atom. The molecule has 0 aliphatic rings. The molecule has 0 bridgehead atoms. The molecule has 1 N–H and O–H groups in total. The number of para-hydroxylation sites is 1. The number of halogens is 3. The van der Waals surface area contributed by atoms with Crippen LogP contribution in [0.2, 0.25) is 0 Å². The number of amides is 1. The minimum absolute atomic E-state index is 0.000130. The predicted octanol–water partition coefficient (Wildman–Crippen LogP) is 3.79. The number of esters is 1. The number of alkyl halides is 3. The molecule has 1 aromatic carbocycles. The molecule has 0 radical (unpaired) electrons. The molecule has 1 heterocycles. The fraction of sp³-hybridized carbons (Fsp3) is 0.176. The number of nitro groups is 1. The summed E-state index contributed by atoms with van der Waals surface area (Å²) in [6.07, 6.45) is -4.13. The predicted molar refractivity (Wildman–Crippen MR) is 90.0 cm³/mol. The Bertz CT molecular complexity index is 920. The lowest BCUT2D eigenvalue weighted by molar-refractivity contribution is -0.402. The molecular formula is C17H13F3N2O6. The van der Waals surface area contributed by atoms with Crippen molar-refractivity contribution in [2.24, 2.45) is 0 Å². The zero-order chi connectivity index (χ0) is 20.9. The van der Waals surface area contributed by atoms with Crippen LogP contribution >= 0.6 is 0 Å². The molecule has 0 saturated heterocycles. The summed E-state index contributed by atoms with van der Waals surface area (Å²) in [7, 11) is 0. The third kappa shape index (κ3) is 5.43. The highest BCUT2D eigenvalue weighted by Gasteiger charge is 2.34. The van der Waals surface area contributed by atoms with Gasteiger partial charge in [0.1, 0.15) is 10.7 Å². The Kier molecular flexibility index (Phi) is 6.18. The largest absolute Gasteiger partial charge is 0.449 e. The van der Waals surface area contributed by atoms with E-state index in [1.165, 1.54) is 25.1 Å². The number of carbonyl (C=O) groups excluding carboxylic acids is 2. The third-order valence-corrected chi connectivity index (χ3v) is 3.33.